The summed E-state index contributed by atoms with van der Waals surface area (Å²) in [6.45, 7) is 1.64. The topological polar surface area (TPSA) is 87.6 Å². The average Bonchev–Trinajstić information content (AvgIpc) is 2.69. The quantitative estimate of drug-likeness (QED) is 0.758. The Kier molecular flexibility index (Phi) is 6.05. The molecule has 0 radical (unpaired) electrons. The largest absolute Gasteiger partial charge is 0.494 e. The molecule has 0 unspecified atom stereocenters. The van der Waals surface area contributed by atoms with Crippen molar-refractivity contribution in [2.45, 2.75) is 45.1 Å². The van der Waals surface area contributed by atoms with E-state index in [4.69, 9.17) is 16.3 Å². The van der Waals surface area contributed by atoms with Crippen molar-refractivity contribution in [3.05, 3.63) is 50.3 Å². The van der Waals surface area contributed by atoms with Crippen LogP contribution in [0.1, 0.15) is 54.8 Å². The Labute approximate surface area is 168 Å². The predicted molar refractivity (Wildman–Crippen MR) is 109 cm³/mol. The molecule has 7 heteroatoms. The molecule has 1 N–H and O–H groups in total. The molecule has 1 fully saturated rings. The van der Waals surface area contributed by atoms with E-state index in [2.05, 4.69) is 4.99 Å². The number of benzene rings is 1. The molecule has 1 aromatic carbocycles. The van der Waals surface area contributed by atoms with Gasteiger partial charge in [0.05, 0.1) is 12.7 Å². The third-order valence-electron chi connectivity index (χ3n) is 5.21. The van der Waals surface area contributed by atoms with Crippen LogP contribution in [0.4, 0.5) is 5.69 Å². The third kappa shape index (κ3) is 3.76. The number of halogens is 1. The van der Waals surface area contributed by atoms with Gasteiger partial charge in [-0.15, -0.1) is 0 Å². The van der Waals surface area contributed by atoms with Gasteiger partial charge in [-0.05, 0) is 43.5 Å². The van der Waals surface area contributed by atoms with Crippen LogP contribution in [-0.2, 0) is 0 Å². The SMILES string of the molecule is COc1ccc(Cl)cc1N=Cc1c(C)c(C#N)c(=O)n(C2CCCCC2)c1O. The average molecular weight is 400 g/mol. The van der Waals surface area contributed by atoms with Gasteiger partial charge in [-0.1, -0.05) is 30.9 Å². The van der Waals surface area contributed by atoms with Crippen LogP contribution >= 0.6 is 11.6 Å². The summed E-state index contributed by atoms with van der Waals surface area (Å²) in [5, 5.41) is 20.9. The first-order chi connectivity index (χ1) is 13.5. The first-order valence-corrected chi connectivity index (χ1v) is 9.61. The summed E-state index contributed by atoms with van der Waals surface area (Å²) in [6, 6.07) is 6.92. The zero-order chi connectivity index (χ0) is 20.3. The van der Waals surface area contributed by atoms with Crippen LogP contribution in [0.5, 0.6) is 11.6 Å². The molecule has 0 saturated heterocycles. The van der Waals surface area contributed by atoms with Crippen molar-refractivity contribution >= 4 is 23.5 Å². The van der Waals surface area contributed by atoms with Crippen molar-refractivity contribution in [3.63, 3.8) is 0 Å². The minimum Gasteiger partial charge on any atom is -0.494 e. The maximum absolute atomic E-state index is 12.8. The molecule has 3 rings (SSSR count). The van der Waals surface area contributed by atoms with E-state index in [1.54, 1.807) is 25.1 Å². The second-order valence-electron chi connectivity index (χ2n) is 6.89. The Balaban J connectivity index is 2.14. The number of methoxy groups -OCH3 is 1. The Bertz CT molecular complexity index is 1020. The van der Waals surface area contributed by atoms with E-state index < -0.39 is 5.56 Å². The molecule has 146 valence electrons. The summed E-state index contributed by atoms with van der Waals surface area (Å²) in [6.07, 6.45) is 6.18. The molecule has 1 aliphatic rings. The summed E-state index contributed by atoms with van der Waals surface area (Å²) in [7, 11) is 1.53. The molecule has 6 nitrogen and oxygen atoms in total. The van der Waals surface area contributed by atoms with E-state index in [0.29, 0.717) is 27.6 Å². The van der Waals surface area contributed by atoms with Crippen LogP contribution in [0, 0.1) is 18.3 Å². The Morgan fingerprint density at radius 2 is 2.07 bits per heavy atom. The number of ether oxygens (including phenoxy) is 1. The van der Waals surface area contributed by atoms with Crippen molar-refractivity contribution in [2.75, 3.05) is 7.11 Å². The fraction of sp³-hybridized carbons (Fsp3) is 0.381. The smallest absolute Gasteiger partial charge is 0.271 e. The number of hydrogen-bond acceptors (Lipinski definition) is 5. The van der Waals surface area contributed by atoms with Gasteiger partial charge >= 0.3 is 0 Å². The number of nitrogens with zero attached hydrogens (tertiary/aromatic N) is 3. The highest BCUT2D eigenvalue weighted by atomic mass is 35.5. The lowest BCUT2D eigenvalue weighted by molar-refractivity contribution is 0.303. The molecule has 0 spiro atoms. The minimum atomic E-state index is -0.443. The number of pyridine rings is 1. The van der Waals surface area contributed by atoms with Crippen molar-refractivity contribution in [1.29, 1.82) is 5.26 Å². The zero-order valence-electron chi connectivity index (χ0n) is 15.9. The number of aromatic nitrogens is 1. The normalized spacial score (nSPS) is 14.9. The first-order valence-electron chi connectivity index (χ1n) is 9.23. The van der Waals surface area contributed by atoms with Crippen LogP contribution in [0.2, 0.25) is 5.02 Å². The van der Waals surface area contributed by atoms with Crippen molar-refractivity contribution in [3.8, 4) is 17.7 Å². The fourth-order valence-corrected chi connectivity index (χ4v) is 3.84. The number of nitriles is 1. The second-order valence-corrected chi connectivity index (χ2v) is 7.33. The summed E-state index contributed by atoms with van der Waals surface area (Å²) in [5.41, 5.74) is 0.832. The number of hydrogen-bond donors (Lipinski definition) is 1. The van der Waals surface area contributed by atoms with E-state index in [1.165, 1.54) is 17.9 Å². The third-order valence-corrected chi connectivity index (χ3v) is 5.44. The molecule has 2 aromatic rings. The lowest BCUT2D eigenvalue weighted by atomic mass is 9.94. The standard InChI is InChI=1S/C21H22ClN3O3/c1-13-16(11-23)20(26)25(15-6-4-3-5-7-15)21(27)17(13)12-24-18-10-14(22)8-9-19(18)28-2/h8-10,12,15,27H,3-7H2,1-2H3. The number of rotatable bonds is 4. The van der Waals surface area contributed by atoms with Gasteiger partial charge in [0.15, 0.2) is 0 Å². The van der Waals surface area contributed by atoms with E-state index in [-0.39, 0.29) is 17.5 Å². The summed E-state index contributed by atoms with van der Waals surface area (Å²) < 4.78 is 6.65. The van der Waals surface area contributed by atoms with Crippen LogP contribution in [0.15, 0.2) is 28.0 Å². The van der Waals surface area contributed by atoms with Gasteiger partial charge in [-0.2, -0.15) is 5.26 Å². The van der Waals surface area contributed by atoms with Crippen molar-refractivity contribution in [2.24, 2.45) is 4.99 Å². The van der Waals surface area contributed by atoms with Gasteiger partial charge in [-0.25, -0.2) is 0 Å². The minimum absolute atomic E-state index is 0.0304. The summed E-state index contributed by atoms with van der Waals surface area (Å²) in [4.78, 5) is 17.2. The van der Waals surface area contributed by atoms with Gasteiger partial charge in [0.1, 0.15) is 23.1 Å². The second kappa shape index (κ2) is 8.49. The molecular weight excluding hydrogens is 378 g/mol. The van der Waals surface area contributed by atoms with E-state index >= 15 is 0 Å². The lowest BCUT2D eigenvalue weighted by Crippen LogP contribution is -2.30. The van der Waals surface area contributed by atoms with Gasteiger partial charge in [0.2, 0.25) is 5.88 Å². The highest BCUT2D eigenvalue weighted by molar-refractivity contribution is 6.30. The van der Waals surface area contributed by atoms with E-state index in [0.717, 1.165) is 32.1 Å². The fourth-order valence-electron chi connectivity index (χ4n) is 3.67. The van der Waals surface area contributed by atoms with Gasteiger partial charge in [-0.3, -0.25) is 14.4 Å². The van der Waals surface area contributed by atoms with Gasteiger partial charge in [0, 0.05) is 17.3 Å². The molecule has 1 heterocycles. The van der Waals surface area contributed by atoms with Gasteiger partial charge < -0.3 is 9.84 Å². The zero-order valence-corrected chi connectivity index (χ0v) is 16.7. The van der Waals surface area contributed by atoms with Crippen molar-refractivity contribution < 1.29 is 9.84 Å². The molecule has 0 atom stereocenters. The van der Waals surface area contributed by atoms with Crippen LogP contribution in [0.25, 0.3) is 0 Å². The monoisotopic (exact) mass is 399 g/mol. The highest BCUT2D eigenvalue weighted by Gasteiger charge is 2.24. The molecule has 0 aliphatic heterocycles. The Morgan fingerprint density at radius 3 is 2.71 bits per heavy atom. The highest BCUT2D eigenvalue weighted by Crippen LogP contribution is 2.34. The molecule has 0 amide bonds. The molecule has 0 bridgehead atoms. The maximum Gasteiger partial charge on any atom is 0.271 e. The van der Waals surface area contributed by atoms with Crippen LogP contribution < -0.4 is 10.3 Å². The molecular formula is C21H22ClN3O3. The van der Waals surface area contributed by atoms with Crippen LogP contribution in [0.3, 0.4) is 0 Å². The first kappa shape index (κ1) is 20.0. The molecule has 28 heavy (non-hydrogen) atoms. The van der Waals surface area contributed by atoms with E-state index in [1.807, 2.05) is 6.07 Å². The molecule has 1 aliphatic carbocycles. The van der Waals surface area contributed by atoms with E-state index in [9.17, 15) is 15.2 Å². The lowest BCUT2D eigenvalue weighted by Gasteiger charge is -2.26. The predicted octanol–water partition coefficient (Wildman–Crippen LogP) is 4.65. The summed E-state index contributed by atoms with van der Waals surface area (Å²) >= 11 is 6.05. The maximum atomic E-state index is 12.8. The van der Waals surface area contributed by atoms with Crippen LogP contribution in [-0.4, -0.2) is 23.0 Å². The number of aromatic hydroxyl groups is 1. The molecule has 1 aromatic heterocycles. The van der Waals surface area contributed by atoms with Gasteiger partial charge in [0.25, 0.3) is 5.56 Å². The number of aliphatic imine (C=N–C) groups is 1. The Morgan fingerprint density at radius 1 is 1.36 bits per heavy atom. The van der Waals surface area contributed by atoms with Crippen molar-refractivity contribution in [1.82, 2.24) is 4.57 Å². The summed E-state index contributed by atoms with van der Waals surface area (Å²) in [5.74, 6) is 0.372. The molecule has 1 saturated carbocycles. The Hall–Kier alpha value is -2.78.